The number of aromatic nitrogens is 3. The van der Waals surface area contributed by atoms with Gasteiger partial charge in [-0.1, -0.05) is 42.5 Å². The van der Waals surface area contributed by atoms with E-state index in [9.17, 15) is 9.59 Å². The Morgan fingerprint density at radius 3 is 2.49 bits per heavy atom. The summed E-state index contributed by atoms with van der Waals surface area (Å²) in [6, 6.07) is 24.0. The van der Waals surface area contributed by atoms with Crippen molar-refractivity contribution in [3.8, 4) is 5.69 Å². The lowest BCUT2D eigenvalue weighted by molar-refractivity contribution is -0.121. The number of carbonyl (C=O) groups excluding carboxylic acids is 2. The second kappa shape index (κ2) is 9.64. The molecule has 1 unspecified atom stereocenters. The summed E-state index contributed by atoms with van der Waals surface area (Å²) in [4.78, 5) is 29.0. The van der Waals surface area contributed by atoms with E-state index in [1.54, 1.807) is 29.2 Å². The van der Waals surface area contributed by atoms with Crippen LogP contribution in [0.4, 0.5) is 5.69 Å². The highest BCUT2D eigenvalue weighted by Gasteiger charge is 2.13. The maximum Gasteiger partial charge on any atom is 0.291 e. The largest absolute Gasteiger partial charge is 0.451 e. The summed E-state index contributed by atoms with van der Waals surface area (Å²) in [5, 5.41) is 10.8. The molecule has 1 atom stereocenters. The van der Waals surface area contributed by atoms with Crippen molar-refractivity contribution >= 4 is 28.5 Å². The molecule has 0 aliphatic rings. The van der Waals surface area contributed by atoms with E-state index in [0.29, 0.717) is 11.3 Å². The van der Waals surface area contributed by atoms with Crippen molar-refractivity contribution in [1.82, 2.24) is 20.1 Å². The van der Waals surface area contributed by atoms with Gasteiger partial charge in [-0.2, -0.15) is 5.10 Å². The van der Waals surface area contributed by atoms with Crippen LogP contribution in [-0.4, -0.2) is 26.6 Å². The zero-order chi connectivity index (χ0) is 24.2. The number of amides is 2. The summed E-state index contributed by atoms with van der Waals surface area (Å²) in [5.41, 5.74) is 4.03. The summed E-state index contributed by atoms with van der Waals surface area (Å²) in [6.45, 7) is 1.94. The number of furan rings is 1. The number of fused-ring (bicyclic) bond motifs is 1. The highest BCUT2D eigenvalue weighted by Crippen LogP contribution is 2.20. The number of nitrogens with zero attached hydrogens (tertiary/aromatic N) is 3. The van der Waals surface area contributed by atoms with E-state index in [0.717, 1.165) is 22.2 Å². The first-order chi connectivity index (χ1) is 17.0. The average Bonchev–Trinajstić information content (AvgIpc) is 3.56. The Kier molecular flexibility index (Phi) is 6.09. The third-order valence-corrected chi connectivity index (χ3v) is 5.68. The van der Waals surface area contributed by atoms with Crippen LogP contribution in [0.25, 0.3) is 16.7 Å². The molecular formula is C27H23N5O3. The lowest BCUT2D eigenvalue weighted by atomic mass is 10.1. The van der Waals surface area contributed by atoms with E-state index in [1.807, 2.05) is 67.6 Å². The average molecular weight is 466 g/mol. The maximum atomic E-state index is 12.6. The van der Waals surface area contributed by atoms with Crippen molar-refractivity contribution in [1.29, 1.82) is 0 Å². The molecule has 8 heteroatoms. The number of anilines is 1. The predicted octanol–water partition coefficient (Wildman–Crippen LogP) is 4.69. The topological polar surface area (TPSA) is 102 Å². The van der Waals surface area contributed by atoms with Crippen molar-refractivity contribution in [2.75, 3.05) is 5.32 Å². The first kappa shape index (κ1) is 22.1. The molecule has 3 aromatic carbocycles. The molecule has 2 aromatic heterocycles. The number of para-hydroxylation sites is 1. The van der Waals surface area contributed by atoms with Crippen LogP contribution < -0.4 is 10.6 Å². The molecular weight excluding hydrogens is 442 g/mol. The number of hydrogen-bond donors (Lipinski definition) is 2. The first-order valence-electron chi connectivity index (χ1n) is 11.2. The summed E-state index contributed by atoms with van der Waals surface area (Å²) in [6.07, 6.45) is 3.35. The normalized spacial score (nSPS) is 11.8. The van der Waals surface area contributed by atoms with Gasteiger partial charge in [-0.25, -0.2) is 9.67 Å². The molecule has 0 saturated carbocycles. The van der Waals surface area contributed by atoms with Gasteiger partial charge in [-0.05, 0) is 54.4 Å². The lowest BCUT2D eigenvalue weighted by Crippen LogP contribution is -2.28. The Hall–Kier alpha value is -4.72. The van der Waals surface area contributed by atoms with E-state index in [2.05, 4.69) is 20.7 Å². The molecule has 0 spiro atoms. The monoisotopic (exact) mass is 465 g/mol. The highest BCUT2D eigenvalue weighted by molar-refractivity contribution is 6.04. The highest BCUT2D eigenvalue weighted by atomic mass is 16.3. The summed E-state index contributed by atoms with van der Waals surface area (Å²) in [5.74, 6) is -0.162. The lowest BCUT2D eigenvalue weighted by Gasteiger charge is -2.15. The summed E-state index contributed by atoms with van der Waals surface area (Å²) in [7, 11) is 0. The van der Waals surface area contributed by atoms with Gasteiger partial charge in [0.15, 0.2) is 5.76 Å². The second-order valence-electron chi connectivity index (χ2n) is 8.20. The molecule has 0 radical (unpaired) electrons. The van der Waals surface area contributed by atoms with Gasteiger partial charge in [0.05, 0.1) is 18.2 Å². The molecule has 0 bridgehead atoms. The van der Waals surface area contributed by atoms with Crippen LogP contribution >= 0.6 is 0 Å². The van der Waals surface area contributed by atoms with Crippen LogP contribution in [0.15, 0.2) is 95.9 Å². The Balaban J connectivity index is 1.15. The minimum atomic E-state index is -0.324. The fourth-order valence-electron chi connectivity index (χ4n) is 3.81. The van der Waals surface area contributed by atoms with E-state index < -0.39 is 0 Å². The minimum absolute atomic E-state index is 0.0862. The molecule has 5 rings (SSSR count). The van der Waals surface area contributed by atoms with Crippen molar-refractivity contribution in [2.45, 2.75) is 19.4 Å². The predicted molar refractivity (Wildman–Crippen MR) is 132 cm³/mol. The van der Waals surface area contributed by atoms with Crippen LogP contribution in [0.3, 0.4) is 0 Å². The van der Waals surface area contributed by atoms with Crippen LogP contribution in [0.1, 0.15) is 34.6 Å². The standard InChI is InChI=1S/C27H23N5O3/c1-18(20-8-12-23(13-9-20)32-17-28-16-29-32)30-26(33)14-19-6-10-22(11-7-19)31-27(34)25-15-21-4-2-3-5-24(21)35-25/h2-13,15-18H,14H2,1H3,(H,30,33)(H,31,34). The molecule has 5 aromatic rings. The van der Waals surface area contributed by atoms with Crippen LogP contribution in [0, 0.1) is 0 Å². The summed E-state index contributed by atoms with van der Waals surface area (Å²) >= 11 is 0. The van der Waals surface area contributed by atoms with Crippen molar-refractivity contribution < 1.29 is 14.0 Å². The number of carbonyl (C=O) groups is 2. The third kappa shape index (κ3) is 5.11. The smallest absolute Gasteiger partial charge is 0.291 e. The van der Waals surface area contributed by atoms with E-state index in [1.165, 1.54) is 6.33 Å². The molecule has 0 aliphatic heterocycles. The van der Waals surface area contributed by atoms with Crippen molar-refractivity contribution in [2.24, 2.45) is 0 Å². The molecule has 0 aliphatic carbocycles. The maximum absolute atomic E-state index is 12.6. The molecule has 0 fully saturated rings. The quantitative estimate of drug-likeness (QED) is 0.363. The van der Waals surface area contributed by atoms with E-state index in [4.69, 9.17) is 4.42 Å². The van der Waals surface area contributed by atoms with Gasteiger partial charge in [0.25, 0.3) is 5.91 Å². The molecule has 2 N–H and O–H groups in total. The van der Waals surface area contributed by atoms with Gasteiger partial charge in [-0.15, -0.1) is 0 Å². The first-order valence-corrected chi connectivity index (χ1v) is 11.2. The van der Waals surface area contributed by atoms with Crippen LogP contribution in [-0.2, 0) is 11.2 Å². The van der Waals surface area contributed by atoms with Crippen molar-refractivity contribution in [3.05, 3.63) is 108 Å². The van der Waals surface area contributed by atoms with Gasteiger partial charge in [0.2, 0.25) is 5.91 Å². The van der Waals surface area contributed by atoms with Gasteiger partial charge in [-0.3, -0.25) is 9.59 Å². The Bertz CT molecular complexity index is 1420. The zero-order valence-corrected chi connectivity index (χ0v) is 19.0. The van der Waals surface area contributed by atoms with Crippen molar-refractivity contribution in [3.63, 3.8) is 0 Å². The van der Waals surface area contributed by atoms with Gasteiger partial charge < -0.3 is 15.1 Å². The number of benzene rings is 3. The van der Waals surface area contributed by atoms with E-state index >= 15 is 0 Å². The summed E-state index contributed by atoms with van der Waals surface area (Å²) < 4.78 is 7.28. The zero-order valence-electron chi connectivity index (χ0n) is 19.0. The number of hydrogen-bond acceptors (Lipinski definition) is 5. The Labute approximate surface area is 201 Å². The van der Waals surface area contributed by atoms with Crippen LogP contribution in [0.5, 0.6) is 0 Å². The van der Waals surface area contributed by atoms with Crippen LogP contribution in [0.2, 0.25) is 0 Å². The van der Waals surface area contributed by atoms with E-state index in [-0.39, 0.29) is 30.0 Å². The molecule has 0 saturated heterocycles. The molecule has 35 heavy (non-hydrogen) atoms. The Morgan fingerprint density at radius 2 is 1.77 bits per heavy atom. The van der Waals surface area contributed by atoms with Gasteiger partial charge >= 0.3 is 0 Å². The Morgan fingerprint density at radius 1 is 1.00 bits per heavy atom. The number of rotatable bonds is 7. The number of nitrogens with one attached hydrogen (secondary N) is 2. The fraction of sp³-hybridized carbons (Fsp3) is 0.111. The molecule has 8 nitrogen and oxygen atoms in total. The molecule has 174 valence electrons. The fourth-order valence-corrected chi connectivity index (χ4v) is 3.81. The minimum Gasteiger partial charge on any atom is -0.451 e. The van der Waals surface area contributed by atoms with Gasteiger partial charge in [0.1, 0.15) is 18.2 Å². The molecule has 2 amide bonds. The van der Waals surface area contributed by atoms with Gasteiger partial charge in [0, 0.05) is 11.1 Å². The molecule has 2 heterocycles. The SMILES string of the molecule is CC(NC(=O)Cc1ccc(NC(=O)c2cc3ccccc3o2)cc1)c1ccc(-n2cncn2)cc1. The third-order valence-electron chi connectivity index (χ3n) is 5.68. The second-order valence-corrected chi connectivity index (χ2v) is 8.20.